The highest BCUT2D eigenvalue weighted by Crippen LogP contribution is 2.54. The molecule has 38 heavy (non-hydrogen) atoms. The van der Waals surface area contributed by atoms with Crippen LogP contribution in [0.1, 0.15) is 53.4 Å². The predicted molar refractivity (Wildman–Crippen MR) is 167 cm³/mol. The van der Waals surface area contributed by atoms with Gasteiger partial charge in [0.15, 0.2) is 0 Å². The third kappa shape index (κ3) is 5.26. The molecule has 0 saturated heterocycles. The largest absolute Gasteiger partial charge is 0.407 e. The molecular weight excluding hydrogens is 497 g/mol. The second kappa shape index (κ2) is 11.4. The molecule has 0 spiro atoms. The molecule has 3 atom stereocenters. The van der Waals surface area contributed by atoms with Crippen LogP contribution in [0.5, 0.6) is 0 Å². The van der Waals surface area contributed by atoms with E-state index in [4.69, 9.17) is 4.43 Å². The van der Waals surface area contributed by atoms with Gasteiger partial charge >= 0.3 is 0 Å². The van der Waals surface area contributed by atoms with E-state index in [0.29, 0.717) is 11.2 Å². The van der Waals surface area contributed by atoms with Gasteiger partial charge in [-0.3, -0.25) is 0 Å². The average Bonchev–Trinajstić information content (AvgIpc) is 2.92. The molecule has 3 heteroatoms. The third-order valence-electron chi connectivity index (χ3n) is 8.71. The highest BCUT2D eigenvalue weighted by atomic mass is 32.2. The summed E-state index contributed by atoms with van der Waals surface area (Å²) < 4.78 is 7.38. The van der Waals surface area contributed by atoms with Gasteiger partial charge in [-0.15, -0.1) is 11.8 Å². The van der Waals surface area contributed by atoms with Crippen molar-refractivity contribution in [3.8, 4) is 0 Å². The van der Waals surface area contributed by atoms with Gasteiger partial charge in [0.1, 0.15) is 0 Å². The third-order valence-corrected chi connectivity index (χ3v) is 15.1. The quantitative estimate of drug-likeness (QED) is 0.210. The highest BCUT2D eigenvalue weighted by Gasteiger charge is 2.51. The topological polar surface area (TPSA) is 9.23 Å². The lowest BCUT2D eigenvalue weighted by Crippen LogP contribution is -2.66. The Morgan fingerprint density at radius 2 is 1.45 bits per heavy atom. The van der Waals surface area contributed by atoms with E-state index >= 15 is 0 Å². The zero-order valence-corrected chi connectivity index (χ0v) is 25.2. The minimum Gasteiger partial charge on any atom is -0.407 e. The van der Waals surface area contributed by atoms with Gasteiger partial charge in [-0.2, -0.15) is 0 Å². The van der Waals surface area contributed by atoms with Crippen LogP contribution in [0.3, 0.4) is 0 Å². The second-order valence-electron chi connectivity index (χ2n) is 12.1. The molecule has 0 amide bonds. The molecule has 1 nitrogen and oxygen atoms in total. The normalized spacial score (nSPS) is 23.5. The molecule has 5 rings (SSSR count). The molecule has 0 fully saturated rings. The molecule has 3 aromatic carbocycles. The maximum absolute atomic E-state index is 7.38. The van der Waals surface area contributed by atoms with E-state index in [2.05, 4.69) is 149 Å². The first-order valence-electron chi connectivity index (χ1n) is 14.2. The van der Waals surface area contributed by atoms with Crippen LogP contribution >= 0.6 is 11.8 Å². The number of hydrogen-bond donors (Lipinski definition) is 0. The molecule has 198 valence electrons. The van der Waals surface area contributed by atoms with Crippen LogP contribution in [0.2, 0.25) is 5.04 Å². The first-order chi connectivity index (χ1) is 18.4. The SMILES string of the molecule is CC1=CCC[C@]2(CCO[Si](c3ccccc3)(c3ccccc3)C(C)(C)C)C=CC[C@@H](Sc3ccccc3)[C@H]12. The van der Waals surface area contributed by atoms with Crippen LogP contribution in [0.25, 0.3) is 0 Å². The van der Waals surface area contributed by atoms with Crippen LogP contribution in [-0.2, 0) is 4.43 Å². The fourth-order valence-corrected chi connectivity index (χ4v) is 13.1. The summed E-state index contributed by atoms with van der Waals surface area (Å²) in [5.41, 5.74) is 1.73. The van der Waals surface area contributed by atoms with E-state index in [0.717, 1.165) is 25.9 Å². The Morgan fingerprint density at radius 1 is 0.868 bits per heavy atom. The van der Waals surface area contributed by atoms with Crippen molar-refractivity contribution in [3.63, 3.8) is 0 Å². The summed E-state index contributed by atoms with van der Waals surface area (Å²) in [6.07, 6.45) is 12.1. The number of rotatable bonds is 8. The number of fused-ring (bicyclic) bond motifs is 1. The van der Waals surface area contributed by atoms with Gasteiger partial charge in [-0.1, -0.05) is 123 Å². The Bertz CT molecular complexity index is 1210. The van der Waals surface area contributed by atoms with Crippen LogP contribution in [0, 0.1) is 11.3 Å². The fourth-order valence-electron chi connectivity index (χ4n) is 7.04. The number of thioether (sulfide) groups is 1. The summed E-state index contributed by atoms with van der Waals surface area (Å²) in [6.45, 7) is 10.3. The summed E-state index contributed by atoms with van der Waals surface area (Å²) >= 11 is 2.07. The van der Waals surface area contributed by atoms with Crippen molar-refractivity contribution in [1.29, 1.82) is 0 Å². The summed E-state index contributed by atoms with van der Waals surface area (Å²) in [6, 6.07) is 33.1. The smallest absolute Gasteiger partial charge is 0.261 e. The van der Waals surface area contributed by atoms with Crippen LogP contribution < -0.4 is 10.4 Å². The number of benzene rings is 3. The summed E-state index contributed by atoms with van der Waals surface area (Å²) in [5, 5.41) is 3.30. The molecule has 0 radical (unpaired) electrons. The molecule has 3 aromatic rings. The summed E-state index contributed by atoms with van der Waals surface area (Å²) in [4.78, 5) is 1.38. The molecule has 0 heterocycles. The van der Waals surface area contributed by atoms with E-state index in [1.54, 1.807) is 5.57 Å². The van der Waals surface area contributed by atoms with E-state index in [1.807, 2.05) is 0 Å². The number of allylic oxidation sites excluding steroid dienone is 4. The second-order valence-corrected chi connectivity index (χ2v) is 17.7. The van der Waals surface area contributed by atoms with Gasteiger partial charge in [-0.05, 0) is 65.6 Å². The lowest BCUT2D eigenvalue weighted by atomic mass is 9.60. The molecule has 0 unspecified atom stereocenters. The first kappa shape index (κ1) is 27.2. The Balaban J connectivity index is 1.46. The molecule has 0 aliphatic heterocycles. The lowest BCUT2D eigenvalue weighted by molar-refractivity contribution is 0.152. The van der Waals surface area contributed by atoms with Gasteiger partial charge in [0.2, 0.25) is 0 Å². The minimum atomic E-state index is -2.53. The van der Waals surface area contributed by atoms with E-state index in [9.17, 15) is 0 Å². The van der Waals surface area contributed by atoms with E-state index in [1.165, 1.54) is 21.7 Å². The van der Waals surface area contributed by atoms with Crippen molar-refractivity contribution in [3.05, 3.63) is 115 Å². The Morgan fingerprint density at radius 3 is 2.03 bits per heavy atom. The Labute approximate surface area is 235 Å². The maximum Gasteiger partial charge on any atom is 0.261 e. The maximum atomic E-state index is 7.38. The number of hydrogen-bond acceptors (Lipinski definition) is 2. The van der Waals surface area contributed by atoms with Crippen LogP contribution in [-0.4, -0.2) is 20.2 Å². The van der Waals surface area contributed by atoms with Crippen molar-refractivity contribution in [2.75, 3.05) is 6.61 Å². The van der Waals surface area contributed by atoms with Crippen LogP contribution in [0.4, 0.5) is 0 Å². The standard InChI is InChI=1S/C35H42OSSi/c1-28-16-14-24-35(25-15-23-32(33(28)35)37-29-17-8-5-9-18-29)26-27-36-38(34(2,3)4,30-19-10-6-11-20-30)31-21-12-7-13-22-31/h5-13,15-22,25,32-33H,14,23-24,26-27H2,1-4H3/t32-,33+,35-/m1/s1. The van der Waals surface area contributed by atoms with Crippen LogP contribution in [0.15, 0.2) is 120 Å². The van der Waals surface area contributed by atoms with Crippen molar-refractivity contribution in [1.82, 2.24) is 0 Å². The fraction of sp³-hybridized carbons (Fsp3) is 0.371. The molecule has 0 bridgehead atoms. The van der Waals surface area contributed by atoms with Gasteiger partial charge in [0.05, 0.1) is 0 Å². The molecule has 2 aliphatic carbocycles. The summed E-state index contributed by atoms with van der Waals surface area (Å²) in [5.74, 6) is 0.550. The molecule has 2 aliphatic rings. The predicted octanol–water partition coefficient (Wildman–Crippen LogP) is 8.42. The molecule has 0 aromatic heterocycles. The Hall–Kier alpha value is -2.33. The Kier molecular flexibility index (Phi) is 8.18. The van der Waals surface area contributed by atoms with Crippen molar-refractivity contribution >= 4 is 30.5 Å². The van der Waals surface area contributed by atoms with Crippen molar-refractivity contribution in [2.24, 2.45) is 11.3 Å². The minimum absolute atomic E-state index is 0.00323. The summed E-state index contributed by atoms with van der Waals surface area (Å²) in [7, 11) is -2.53. The molecule has 0 saturated carbocycles. The zero-order valence-electron chi connectivity index (χ0n) is 23.4. The van der Waals surface area contributed by atoms with Gasteiger partial charge in [0, 0.05) is 22.7 Å². The van der Waals surface area contributed by atoms with Crippen molar-refractivity contribution in [2.45, 2.75) is 68.6 Å². The monoisotopic (exact) mass is 538 g/mol. The molecule has 0 N–H and O–H groups in total. The van der Waals surface area contributed by atoms with Gasteiger partial charge in [0.25, 0.3) is 8.32 Å². The van der Waals surface area contributed by atoms with Gasteiger partial charge in [-0.25, -0.2) is 0 Å². The lowest BCUT2D eigenvalue weighted by Gasteiger charge is -2.49. The average molecular weight is 539 g/mol. The van der Waals surface area contributed by atoms with E-state index < -0.39 is 8.32 Å². The van der Waals surface area contributed by atoms with Crippen molar-refractivity contribution < 1.29 is 4.43 Å². The van der Waals surface area contributed by atoms with E-state index in [-0.39, 0.29) is 10.5 Å². The zero-order chi connectivity index (χ0) is 26.6. The first-order valence-corrected chi connectivity index (χ1v) is 17.0. The van der Waals surface area contributed by atoms with Gasteiger partial charge < -0.3 is 4.43 Å². The molecular formula is C35H42OSSi. The highest BCUT2D eigenvalue weighted by molar-refractivity contribution is 8.00.